The molecule has 1 aromatic heterocycles. The minimum atomic E-state index is -0.943. The van der Waals surface area contributed by atoms with Gasteiger partial charge in [-0.25, -0.2) is 0 Å². The monoisotopic (exact) mass is 447 g/mol. The van der Waals surface area contributed by atoms with E-state index < -0.39 is 39.7 Å². The summed E-state index contributed by atoms with van der Waals surface area (Å²) in [7, 11) is 0. The third-order valence-corrected chi connectivity index (χ3v) is 3.91. The normalized spacial score (nSPS) is 23.5. The molecular formula is C14H17N5O12. The van der Waals surface area contributed by atoms with E-state index in [1.54, 1.807) is 18.3 Å². The molecule has 4 atom stereocenters. The van der Waals surface area contributed by atoms with Gasteiger partial charge in [-0.1, -0.05) is 0 Å². The molecule has 0 aliphatic carbocycles. The molecule has 3 rings (SSSR count). The Morgan fingerprint density at radius 3 is 2.10 bits per heavy atom. The maximum atomic E-state index is 11.3. The number of hydrogen-bond acceptors (Lipinski definition) is 13. The first-order chi connectivity index (χ1) is 14.8. The van der Waals surface area contributed by atoms with Gasteiger partial charge < -0.3 is 29.3 Å². The number of carbonyl (C=O) groups is 1. The van der Waals surface area contributed by atoms with Crippen molar-refractivity contribution < 1.29 is 44.0 Å². The molecule has 0 unspecified atom stereocenters. The van der Waals surface area contributed by atoms with Crippen LogP contribution < -0.4 is 5.32 Å². The zero-order valence-electron chi connectivity index (χ0n) is 15.6. The third-order valence-electron chi connectivity index (χ3n) is 3.91. The highest BCUT2D eigenvalue weighted by atomic mass is 17.0. The van der Waals surface area contributed by atoms with Crippen LogP contribution in [0.25, 0.3) is 0 Å². The van der Waals surface area contributed by atoms with Crippen LogP contribution in [-0.4, -0.2) is 76.9 Å². The van der Waals surface area contributed by atoms with E-state index in [2.05, 4.69) is 24.8 Å². The van der Waals surface area contributed by atoms with E-state index >= 15 is 0 Å². The topological polar surface area (TPSA) is 218 Å². The van der Waals surface area contributed by atoms with Crippen molar-refractivity contribution in [2.75, 3.05) is 26.4 Å². The van der Waals surface area contributed by atoms with E-state index in [1.807, 2.05) is 0 Å². The number of ether oxygens (including phenoxy) is 2. The maximum absolute atomic E-state index is 11.3. The molecule has 1 aromatic rings. The Kier molecular flexibility index (Phi) is 8.58. The molecule has 2 aliphatic rings. The molecule has 17 heteroatoms. The average molecular weight is 447 g/mol. The van der Waals surface area contributed by atoms with Crippen LogP contribution in [0, 0.1) is 30.3 Å². The Balaban J connectivity index is 0.000000221. The molecule has 2 aliphatic heterocycles. The number of fused-ring (bicyclic) bond motifs is 1. The Hall–Kier alpha value is -3.86. The molecule has 0 radical (unpaired) electrons. The van der Waals surface area contributed by atoms with Gasteiger partial charge in [-0.3, -0.25) is 9.78 Å². The Bertz CT molecular complexity index is 750. The quantitative estimate of drug-likeness (QED) is 0.272. The predicted molar refractivity (Wildman–Crippen MR) is 92.7 cm³/mol. The number of amides is 1. The minimum absolute atomic E-state index is 0.0477. The number of rotatable bonds is 9. The highest BCUT2D eigenvalue weighted by Gasteiger charge is 2.51. The van der Waals surface area contributed by atoms with Crippen LogP contribution in [0.3, 0.4) is 0 Å². The van der Waals surface area contributed by atoms with Gasteiger partial charge in [0.05, 0.1) is 18.8 Å². The molecule has 31 heavy (non-hydrogen) atoms. The van der Waals surface area contributed by atoms with Crippen LogP contribution in [-0.2, 0) is 24.0 Å². The molecule has 17 nitrogen and oxygen atoms in total. The number of aromatic nitrogens is 1. The van der Waals surface area contributed by atoms with Crippen molar-refractivity contribution in [1.82, 2.24) is 10.3 Å². The van der Waals surface area contributed by atoms with Crippen molar-refractivity contribution in [2.24, 2.45) is 0 Å². The van der Waals surface area contributed by atoms with Crippen LogP contribution in [0.1, 0.15) is 10.4 Å². The second kappa shape index (κ2) is 11.4. The van der Waals surface area contributed by atoms with Crippen LogP contribution >= 0.6 is 0 Å². The molecule has 0 aromatic carbocycles. The van der Waals surface area contributed by atoms with Crippen molar-refractivity contribution in [3.63, 3.8) is 0 Å². The van der Waals surface area contributed by atoms with Crippen molar-refractivity contribution in [3.05, 3.63) is 60.4 Å². The molecular weight excluding hydrogens is 430 g/mol. The first kappa shape index (κ1) is 23.4. The predicted octanol–water partition coefficient (Wildman–Crippen LogP) is -1.04. The van der Waals surface area contributed by atoms with Crippen molar-refractivity contribution >= 4 is 5.91 Å². The lowest BCUT2D eigenvalue weighted by Gasteiger charge is -2.13. The van der Waals surface area contributed by atoms with Crippen molar-refractivity contribution in [1.29, 1.82) is 0 Å². The molecule has 0 saturated carbocycles. The van der Waals surface area contributed by atoms with Gasteiger partial charge in [0.1, 0.15) is 18.8 Å². The van der Waals surface area contributed by atoms with Gasteiger partial charge in [0.2, 0.25) is 0 Å². The van der Waals surface area contributed by atoms with Crippen LogP contribution in [0.5, 0.6) is 0 Å². The fraction of sp³-hybridized carbons (Fsp3) is 0.571. The molecule has 0 spiro atoms. The number of nitrogens with one attached hydrogen (secondary N) is 1. The fourth-order valence-electron chi connectivity index (χ4n) is 2.71. The third kappa shape index (κ3) is 7.48. The summed E-state index contributed by atoms with van der Waals surface area (Å²) in [6, 6.07) is 3.22. The van der Waals surface area contributed by atoms with Crippen molar-refractivity contribution in [3.8, 4) is 0 Å². The highest BCUT2D eigenvalue weighted by molar-refractivity contribution is 5.93. The fourth-order valence-corrected chi connectivity index (χ4v) is 2.71. The van der Waals surface area contributed by atoms with E-state index in [4.69, 9.17) is 9.47 Å². The maximum Gasteiger partial charge on any atom is 0.294 e. The van der Waals surface area contributed by atoms with E-state index in [0.29, 0.717) is 5.56 Å². The van der Waals surface area contributed by atoms with E-state index in [-0.39, 0.29) is 32.3 Å². The van der Waals surface area contributed by atoms with Gasteiger partial charge in [0.15, 0.2) is 12.2 Å². The summed E-state index contributed by atoms with van der Waals surface area (Å²) in [5.41, 5.74) is 0.401. The summed E-state index contributed by atoms with van der Waals surface area (Å²) < 4.78 is 10.2. The largest absolute Gasteiger partial charge is 0.371 e. The van der Waals surface area contributed by atoms with Crippen molar-refractivity contribution in [2.45, 2.75) is 24.4 Å². The Morgan fingerprint density at radius 2 is 1.65 bits per heavy atom. The summed E-state index contributed by atoms with van der Waals surface area (Å²) in [4.78, 5) is 57.8. The summed E-state index contributed by atoms with van der Waals surface area (Å²) >= 11 is 0. The zero-order chi connectivity index (χ0) is 22.8. The Morgan fingerprint density at radius 1 is 1.06 bits per heavy atom. The smallest absolute Gasteiger partial charge is 0.294 e. The molecule has 0 bridgehead atoms. The second-order valence-electron chi connectivity index (χ2n) is 5.89. The van der Waals surface area contributed by atoms with Crippen LogP contribution in [0.2, 0.25) is 0 Å². The second-order valence-corrected chi connectivity index (χ2v) is 5.89. The van der Waals surface area contributed by atoms with Gasteiger partial charge >= 0.3 is 0 Å². The lowest BCUT2D eigenvalue weighted by atomic mass is 10.1. The Labute approximate surface area is 172 Å². The molecule has 1 N–H and O–H groups in total. The highest BCUT2D eigenvalue weighted by Crippen LogP contribution is 2.30. The van der Waals surface area contributed by atoms with Crippen LogP contribution in [0.15, 0.2) is 24.5 Å². The standard InChI is InChI=1S/C8H9N3O4.C6H8N2O8/c12-8(7-2-1-3-9-6-7)10-4-5-15-11(13)14;9-7(10)15-3-1-13-6-4(16-8(11)12)2-14-5(3)6/h1-3,6H,4-5H2,(H,10,12);3-6H,1-2H2/t;3-,4+,5-,6-/m.1/s1. The number of carbonyl (C=O) groups excluding carboxylic acids is 1. The first-order valence-electron chi connectivity index (χ1n) is 8.59. The molecule has 170 valence electrons. The molecule has 1 amide bonds. The molecule has 2 fully saturated rings. The van der Waals surface area contributed by atoms with Gasteiger partial charge in [0.25, 0.3) is 21.2 Å². The summed E-state index contributed by atoms with van der Waals surface area (Å²) in [6.45, 7) is -0.185. The van der Waals surface area contributed by atoms with E-state index in [9.17, 15) is 35.1 Å². The number of nitrogens with zero attached hydrogens (tertiary/aromatic N) is 4. The van der Waals surface area contributed by atoms with Gasteiger partial charge in [-0.15, -0.1) is 30.3 Å². The van der Waals surface area contributed by atoms with Gasteiger partial charge in [0, 0.05) is 18.9 Å². The van der Waals surface area contributed by atoms with E-state index in [1.165, 1.54) is 6.20 Å². The van der Waals surface area contributed by atoms with Gasteiger partial charge in [-0.2, -0.15) is 0 Å². The lowest BCUT2D eigenvalue weighted by molar-refractivity contribution is -0.769. The number of hydrogen-bond donors (Lipinski definition) is 1. The summed E-state index contributed by atoms with van der Waals surface area (Å²) in [5, 5.41) is 29.7. The number of pyridine rings is 1. The summed E-state index contributed by atoms with van der Waals surface area (Å²) in [6.07, 6.45) is -0.164. The lowest BCUT2D eigenvalue weighted by Crippen LogP contribution is -2.35. The first-order valence-corrected chi connectivity index (χ1v) is 8.59. The van der Waals surface area contributed by atoms with E-state index in [0.717, 1.165) is 0 Å². The molecule has 2 saturated heterocycles. The van der Waals surface area contributed by atoms with Crippen LogP contribution in [0.4, 0.5) is 0 Å². The minimum Gasteiger partial charge on any atom is -0.371 e. The van der Waals surface area contributed by atoms with Gasteiger partial charge in [-0.05, 0) is 12.1 Å². The average Bonchev–Trinajstić information content (AvgIpc) is 3.29. The summed E-state index contributed by atoms with van der Waals surface area (Å²) in [5.74, 6) is -0.338. The molecule has 3 heterocycles. The zero-order valence-corrected chi connectivity index (χ0v) is 15.6. The SMILES string of the molecule is O=C(NCCO[N+](=O)[O-])c1cccnc1.O=[N+]([O-])O[C@H]1CO[C@H]2[C@@H]1OC[C@H]2O[N+](=O)[O-].